The summed E-state index contributed by atoms with van der Waals surface area (Å²) in [6, 6.07) is 19.7. The minimum Gasteiger partial charge on any atom is -0.300 e. The van der Waals surface area contributed by atoms with Crippen LogP contribution in [0.3, 0.4) is 0 Å². The van der Waals surface area contributed by atoms with Crippen molar-refractivity contribution >= 4 is 11.7 Å². The molecule has 2 aromatic rings. The van der Waals surface area contributed by atoms with Crippen LogP contribution in [-0.4, -0.2) is 46.7 Å². The van der Waals surface area contributed by atoms with E-state index in [0.717, 1.165) is 29.8 Å². The number of carbonyl (C=O) groups excluding carboxylic acids is 1. The third kappa shape index (κ3) is 2.79. The smallest absolute Gasteiger partial charge is 0.260 e. The Morgan fingerprint density at radius 1 is 0.889 bits per heavy atom. The van der Waals surface area contributed by atoms with Crippen molar-refractivity contribution in [1.82, 2.24) is 9.80 Å². The molecule has 0 spiro atoms. The molecule has 27 heavy (non-hydrogen) atoms. The zero-order valence-electron chi connectivity index (χ0n) is 15.7. The Morgan fingerprint density at radius 3 is 2.22 bits per heavy atom. The maximum atomic E-state index is 13.3. The Morgan fingerprint density at radius 2 is 1.52 bits per heavy atom. The van der Waals surface area contributed by atoms with Crippen molar-refractivity contribution < 1.29 is 4.79 Å². The third-order valence-corrected chi connectivity index (χ3v) is 6.54. The predicted molar refractivity (Wildman–Crippen MR) is 107 cm³/mol. The molecule has 5 rings (SSSR count). The normalized spacial score (nSPS) is 28.8. The van der Waals surface area contributed by atoms with Crippen LogP contribution in [0.25, 0.3) is 0 Å². The molecule has 3 heterocycles. The Bertz CT molecular complexity index is 878. The molecule has 4 nitrogen and oxygen atoms in total. The van der Waals surface area contributed by atoms with Crippen LogP contribution in [0.1, 0.15) is 47.2 Å². The first-order valence-corrected chi connectivity index (χ1v) is 9.95. The summed E-state index contributed by atoms with van der Waals surface area (Å²) in [5, 5.41) is 0. The molecule has 4 heteroatoms. The summed E-state index contributed by atoms with van der Waals surface area (Å²) in [5.41, 5.74) is 2.96. The summed E-state index contributed by atoms with van der Waals surface area (Å²) in [7, 11) is 2.24. The van der Waals surface area contributed by atoms with Gasteiger partial charge in [-0.2, -0.15) is 0 Å². The van der Waals surface area contributed by atoms with Crippen molar-refractivity contribution in [1.29, 1.82) is 0 Å². The molecule has 2 bridgehead atoms. The number of aliphatic imine (C=N–C) groups is 1. The lowest BCUT2D eigenvalue weighted by molar-refractivity contribution is 0.0687. The Kier molecular flexibility index (Phi) is 4.09. The van der Waals surface area contributed by atoms with E-state index in [1.165, 1.54) is 18.4 Å². The van der Waals surface area contributed by atoms with E-state index in [1.54, 1.807) is 0 Å². The van der Waals surface area contributed by atoms with Crippen molar-refractivity contribution in [2.45, 2.75) is 50.4 Å². The molecule has 2 atom stereocenters. The Labute approximate surface area is 160 Å². The maximum absolute atomic E-state index is 13.3. The molecular weight excluding hydrogens is 334 g/mol. The predicted octanol–water partition coefficient (Wildman–Crippen LogP) is 3.71. The van der Waals surface area contributed by atoms with Crippen LogP contribution in [0, 0.1) is 0 Å². The highest BCUT2D eigenvalue weighted by Crippen LogP contribution is 2.39. The fourth-order valence-electron chi connectivity index (χ4n) is 5.06. The fraction of sp³-hybridized carbons (Fsp3) is 0.391. The van der Waals surface area contributed by atoms with Crippen LogP contribution in [0.4, 0.5) is 0 Å². The first-order chi connectivity index (χ1) is 13.2. The zero-order valence-corrected chi connectivity index (χ0v) is 15.7. The average molecular weight is 359 g/mol. The third-order valence-electron chi connectivity index (χ3n) is 6.54. The van der Waals surface area contributed by atoms with Crippen molar-refractivity contribution in [2.75, 3.05) is 7.05 Å². The number of hydrogen-bond donors (Lipinski definition) is 0. The van der Waals surface area contributed by atoms with Crippen molar-refractivity contribution in [3.63, 3.8) is 0 Å². The molecule has 0 saturated carbocycles. The quantitative estimate of drug-likeness (QED) is 0.837. The van der Waals surface area contributed by atoms with Crippen LogP contribution in [0.2, 0.25) is 0 Å². The van der Waals surface area contributed by atoms with E-state index in [9.17, 15) is 4.79 Å². The van der Waals surface area contributed by atoms with Gasteiger partial charge >= 0.3 is 0 Å². The van der Waals surface area contributed by atoms with Gasteiger partial charge in [-0.1, -0.05) is 48.5 Å². The number of benzene rings is 2. The number of fused-ring (bicyclic) bond motifs is 3. The molecule has 0 aromatic heterocycles. The van der Waals surface area contributed by atoms with Crippen LogP contribution >= 0.6 is 0 Å². The van der Waals surface area contributed by atoms with Gasteiger partial charge in [-0.05, 0) is 44.4 Å². The van der Waals surface area contributed by atoms with E-state index in [2.05, 4.69) is 24.1 Å². The van der Waals surface area contributed by atoms with Gasteiger partial charge in [0, 0.05) is 23.7 Å². The number of rotatable bonds is 3. The lowest BCUT2D eigenvalue weighted by atomic mass is 9.96. The molecule has 2 saturated heterocycles. The second-order valence-electron chi connectivity index (χ2n) is 8.02. The summed E-state index contributed by atoms with van der Waals surface area (Å²) >= 11 is 0. The monoisotopic (exact) mass is 359 g/mol. The van der Waals surface area contributed by atoms with Gasteiger partial charge in [0.2, 0.25) is 0 Å². The molecule has 2 fully saturated rings. The molecule has 138 valence electrons. The van der Waals surface area contributed by atoms with Gasteiger partial charge in [0.1, 0.15) is 5.84 Å². The summed E-state index contributed by atoms with van der Waals surface area (Å²) in [6.07, 6.45) is 4.61. The minimum atomic E-state index is 0.131. The van der Waals surface area contributed by atoms with Crippen molar-refractivity contribution in [2.24, 2.45) is 4.99 Å². The van der Waals surface area contributed by atoms with Crippen LogP contribution in [-0.2, 0) is 6.54 Å². The summed E-state index contributed by atoms with van der Waals surface area (Å²) < 4.78 is 0. The average Bonchev–Trinajstić information content (AvgIpc) is 3.07. The highest BCUT2D eigenvalue weighted by Gasteiger charge is 2.45. The standard InChI is InChI=1S/C23H25N3O/c1-25-17-11-12-18(25)14-19(13-17)26-22(24-15-16-7-3-2-4-8-16)20-9-5-6-10-21(20)23(26)27/h2-10,17-19H,11-15H2,1H3. The van der Waals surface area contributed by atoms with Gasteiger partial charge in [-0.25, -0.2) is 0 Å². The number of amides is 1. The molecule has 3 aliphatic rings. The van der Waals surface area contributed by atoms with E-state index >= 15 is 0 Å². The first-order valence-electron chi connectivity index (χ1n) is 9.95. The summed E-state index contributed by atoms with van der Waals surface area (Å²) in [5.74, 6) is 1.000. The Balaban J connectivity index is 1.50. The molecule has 0 N–H and O–H groups in total. The highest BCUT2D eigenvalue weighted by atomic mass is 16.2. The number of hydrogen-bond acceptors (Lipinski definition) is 3. The molecule has 3 aliphatic heterocycles. The van der Waals surface area contributed by atoms with E-state index in [0.29, 0.717) is 18.6 Å². The maximum Gasteiger partial charge on any atom is 0.260 e. The second kappa shape index (κ2) is 6.61. The summed E-state index contributed by atoms with van der Waals surface area (Å²) in [6.45, 7) is 0.605. The molecule has 0 radical (unpaired) electrons. The number of piperidine rings is 1. The first kappa shape index (κ1) is 16.7. The van der Waals surface area contributed by atoms with Gasteiger partial charge < -0.3 is 4.90 Å². The molecule has 1 amide bonds. The molecule has 2 aromatic carbocycles. The lowest BCUT2D eigenvalue weighted by Crippen LogP contribution is -2.50. The Hall–Kier alpha value is -2.46. The van der Waals surface area contributed by atoms with E-state index in [4.69, 9.17) is 4.99 Å². The van der Waals surface area contributed by atoms with Crippen molar-refractivity contribution in [3.8, 4) is 0 Å². The fourth-order valence-corrected chi connectivity index (χ4v) is 5.06. The minimum absolute atomic E-state index is 0.131. The molecule has 0 aliphatic carbocycles. The topological polar surface area (TPSA) is 35.9 Å². The van der Waals surface area contributed by atoms with Gasteiger partial charge in [0.05, 0.1) is 12.1 Å². The summed E-state index contributed by atoms with van der Waals surface area (Å²) in [4.78, 5) is 22.7. The van der Waals surface area contributed by atoms with Gasteiger partial charge in [0.25, 0.3) is 5.91 Å². The number of nitrogens with zero attached hydrogens (tertiary/aromatic N) is 3. The van der Waals surface area contributed by atoms with Gasteiger partial charge in [-0.3, -0.25) is 14.7 Å². The largest absolute Gasteiger partial charge is 0.300 e. The van der Waals surface area contributed by atoms with E-state index in [1.807, 2.05) is 47.4 Å². The van der Waals surface area contributed by atoms with Crippen LogP contribution in [0.15, 0.2) is 59.6 Å². The zero-order chi connectivity index (χ0) is 18.4. The highest BCUT2D eigenvalue weighted by molar-refractivity contribution is 6.23. The molecular formula is C23H25N3O. The van der Waals surface area contributed by atoms with Gasteiger partial charge in [0.15, 0.2) is 0 Å². The van der Waals surface area contributed by atoms with E-state index < -0.39 is 0 Å². The van der Waals surface area contributed by atoms with Crippen molar-refractivity contribution in [3.05, 3.63) is 71.3 Å². The lowest BCUT2D eigenvalue weighted by Gasteiger charge is -2.40. The van der Waals surface area contributed by atoms with Gasteiger partial charge in [-0.15, -0.1) is 0 Å². The SMILES string of the molecule is CN1C2CCC1CC(N1C(=O)c3ccccc3C1=NCc1ccccc1)C2. The van der Waals surface area contributed by atoms with E-state index in [-0.39, 0.29) is 11.9 Å². The van der Waals surface area contributed by atoms with Crippen LogP contribution < -0.4 is 0 Å². The number of amidine groups is 1. The molecule has 2 unspecified atom stereocenters. The second-order valence-corrected chi connectivity index (χ2v) is 8.02. The van der Waals surface area contributed by atoms with Crippen LogP contribution in [0.5, 0.6) is 0 Å². The number of carbonyl (C=O) groups is 1.